The smallest absolute Gasteiger partial charge is 0.269 e. The predicted molar refractivity (Wildman–Crippen MR) is 121 cm³/mol. The highest BCUT2D eigenvalue weighted by Crippen LogP contribution is 2.30. The van der Waals surface area contributed by atoms with Gasteiger partial charge in [0.15, 0.2) is 0 Å². The minimum absolute atomic E-state index is 0.00443. The number of aromatic nitrogens is 4. The van der Waals surface area contributed by atoms with Crippen molar-refractivity contribution in [3.05, 3.63) is 106 Å². The van der Waals surface area contributed by atoms with E-state index in [2.05, 4.69) is 27.6 Å². The minimum atomic E-state index is -0.452. The highest BCUT2D eigenvalue weighted by molar-refractivity contribution is 5.94. The number of hydrogen-bond donors (Lipinski definition) is 1. The maximum Gasteiger partial charge on any atom is 0.269 e. The summed E-state index contributed by atoms with van der Waals surface area (Å²) < 4.78 is 3.55. The van der Waals surface area contributed by atoms with E-state index in [1.165, 1.54) is 28.6 Å². The van der Waals surface area contributed by atoms with Gasteiger partial charge in [0.25, 0.3) is 11.6 Å². The second kappa shape index (κ2) is 8.70. The van der Waals surface area contributed by atoms with Crippen molar-refractivity contribution in [3.8, 4) is 5.69 Å². The van der Waals surface area contributed by atoms with E-state index in [4.69, 9.17) is 0 Å². The number of nitro benzene ring substituents is 1. The van der Waals surface area contributed by atoms with Gasteiger partial charge in [-0.15, -0.1) is 0 Å². The van der Waals surface area contributed by atoms with Crippen molar-refractivity contribution >= 4 is 11.6 Å². The molecule has 0 saturated heterocycles. The zero-order chi connectivity index (χ0) is 22.8. The van der Waals surface area contributed by atoms with Crippen molar-refractivity contribution in [1.29, 1.82) is 0 Å². The minimum Gasteiger partial charge on any atom is -0.345 e. The Morgan fingerprint density at radius 3 is 2.64 bits per heavy atom. The van der Waals surface area contributed by atoms with Gasteiger partial charge in [0.05, 0.1) is 41.2 Å². The third-order valence-corrected chi connectivity index (χ3v) is 5.91. The van der Waals surface area contributed by atoms with E-state index >= 15 is 0 Å². The molecule has 1 amide bonds. The predicted octanol–water partition coefficient (Wildman–Crippen LogP) is 3.83. The summed E-state index contributed by atoms with van der Waals surface area (Å²) >= 11 is 0. The highest BCUT2D eigenvalue weighted by Gasteiger charge is 2.26. The second-order valence-corrected chi connectivity index (χ2v) is 8.06. The lowest BCUT2D eigenvalue weighted by atomic mass is 9.92. The molecule has 0 spiro atoms. The van der Waals surface area contributed by atoms with Crippen molar-refractivity contribution in [2.45, 2.75) is 31.8 Å². The standard InChI is InChI=1S/C24H22N6O3/c31-24(18-13-25-28(16-18)19-9-11-20(12-10-19)30(32)33)27-22-7-4-8-23-21(22)14-26-29(23)15-17-5-2-1-3-6-17/h1-3,5-6,9-14,16,22H,4,7-8,15H2,(H,27,31). The number of non-ortho nitro benzene ring substituents is 1. The van der Waals surface area contributed by atoms with Crippen molar-refractivity contribution in [2.75, 3.05) is 0 Å². The number of rotatable bonds is 6. The molecule has 33 heavy (non-hydrogen) atoms. The van der Waals surface area contributed by atoms with Gasteiger partial charge in [0, 0.05) is 29.6 Å². The molecule has 2 heterocycles. The van der Waals surface area contributed by atoms with E-state index in [-0.39, 0.29) is 17.6 Å². The molecule has 0 fully saturated rings. The summed E-state index contributed by atoms with van der Waals surface area (Å²) in [6, 6.07) is 16.1. The number of amides is 1. The molecule has 4 aromatic rings. The van der Waals surface area contributed by atoms with E-state index in [9.17, 15) is 14.9 Å². The van der Waals surface area contributed by atoms with Crippen molar-refractivity contribution in [1.82, 2.24) is 24.9 Å². The molecule has 5 rings (SSSR count). The Bertz CT molecular complexity index is 1290. The summed E-state index contributed by atoms with van der Waals surface area (Å²) in [5, 5.41) is 22.8. The summed E-state index contributed by atoms with van der Waals surface area (Å²) in [4.78, 5) is 23.3. The quantitative estimate of drug-likeness (QED) is 0.361. The van der Waals surface area contributed by atoms with Gasteiger partial charge >= 0.3 is 0 Å². The zero-order valence-corrected chi connectivity index (χ0v) is 17.8. The molecule has 1 aliphatic rings. The number of nitrogens with one attached hydrogen (secondary N) is 1. The fourth-order valence-corrected chi connectivity index (χ4v) is 4.21. The van der Waals surface area contributed by atoms with Crippen LogP contribution in [0.25, 0.3) is 5.69 Å². The van der Waals surface area contributed by atoms with E-state index in [0.717, 1.165) is 30.5 Å². The molecule has 9 nitrogen and oxygen atoms in total. The zero-order valence-electron chi connectivity index (χ0n) is 17.8. The van der Waals surface area contributed by atoms with Gasteiger partial charge in [-0.3, -0.25) is 19.6 Å². The fourth-order valence-electron chi connectivity index (χ4n) is 4.21. The van der Waals surface area contributed by atoms with Gasteiger partial charge in [-0.1, -0.05) is 30.3 Å². The van der Waals surface area contributed by atoms with Crippen LogP contribution in [0.3, 0.4) is 0 Å². The van der Waals surface area contributed by atoms with Gasteiger partial charge in [0.2, 0.25) is 0 Å². The highest BCUT2D eigenvalue weighted by atomic mass is 16.6. The number of nitrogens with zero attached hydrogens (tertiary/aromatic N) is 5. The molecule has 2 aromatic heterocycles. The first-order valence-electron chi connectivity index (χ1n) is 10.8. The third kappa shape index (κ3) is 4.25. The van der Waals surface area contributed by atoms with Crippen LogP contribution in [0.1, 0.15) is 46.1 Å². The molecular formula is C24H22N6O3. The first kappa shape index (κ1) is 20.6. The molecule has 0 bridgehead atoms. The van der Waals surface area contributed by atoms with E-state index in [0.29, 0.717) is 17.8 Å². The Kier molecular flexibility index (Phi) is 5.43. The van der Waals surface area contributed by atoms with E-state index in [1.807, 2.05) is 29.1 Å². The molecule has 0 aliphatic heterocycles. The van der Waals surface area contributed by atoms with Crippen molar-refractivity contribution in [3.63, 3.8) is 0 Å². The molecule has 0 saturated carbocycles. The Hall–Kier alpha value is -4.27. The largest absolute Gasteiger partial charge is 0.345 e. The fraction of sp³-hybridized carbons (Fsp3) is 0.208. The molecular weight excluding hydrogens is 420 g/mol. The second-order valence-electron chi connectivity index (χ2n) is 8.06. The van der Waals surface area contributed by atoms with Gasteiger partial charge in [-0.05, 0) is 37.0 Å². The number of carbonyl (C=O) groups is 1. The molecule has 2 aromatic carbocycles. The van der Waals surface area contributed by atoms with Crippen molar-refractivity contribution < 1.29 is 9.72 Å². The number of nitro groups is 1. The summed E-state index contributed by atoms with van der Waals surface area (Å²) in [5.41, 5.74) is 4.49. The van der Waals surface area contributed by atoms with E-state index in [1.54, 1.807) is 18.3 Å². The maximum atomic E-state index is 12.9. The molecule has 166 valence electrons. The Morgan fingerprint density at radius 2 is 1.88 bits per heavy atom. The molecule has 1 N–H and O–H groups in total. The number of fused-ring (bicyclic) bond motifs is 1. The van der Waals surface area contributed by atoms with Crippen LogP contribution >= 0.6 is 0 Å². The Balaban J connectivity index is 1.30. The lowest BCUT2D eigenvalue weighted by molar-refractivity contribution is -0.384. The van der Waals surface area contributed by atoms with Gasteiger partial charge in [0.1, 0.15) is 0 Å². The van der Waals surface area contributed by atoms with Crippen LogP contribution in [0.15, 0.2) is 73.2 Å². The first-order valence-corrected chi connectivity index (χ1v) is 10.8. The van der Waals surface area contributed by atoms with Crippen molar-refractivity contribution in [2.24, 2.45) is 0 Å². The van der Waals surface area contributed by atoms with Crippen LogP contribution in [0, 0.1) is 10.1 Å². The molecule has 1 unspecified atom stereocenters. The monoisotopic (exact) mass is 442 g/mol. The number of benzene rings is 2. The Labute approximate surface area is 189 Å². The average Bonchev–Trinajstić information content (AvgIpc) is 3.49. The molecule has 1 aliphatic carbocycles. The lowest BCUT2D eigenvalue weighted by Crippen LogP contribution is -2.30. The van der Waals surface area contributed by atoms with E-state index < -0.39 is 4.92 Å². The maximum absolute atomic E-state index is 12.9. The van der Waals surface area contributed by atoms with Crippen LogP contribution < -0.4 is 5.32 Å². The Morgan fingerprint density at radius 1 is 1.09 bits per heavy atom. The third-order valence-electron chi connectivity index (χ3n) is 5.91. The lowest BCUT2D eigenvalue weighted by Gasteiger charge is -2.24. The first-order chi connectivity index (χ1) is 16.1. The normalized spacial score (nSPS) is 15.1. The topological polar surface area (TPSA) is 108 Å². The van der Waals surface area contributed by atoms with Gasteiger partial charge < -0.3 is 5.32 Å². The van der Waals surface area contributed by atoms with Gasteiger partial charge in [-0.25, -0.2) is 4.68 Å². The average molecular weight is 442 g/mol. The van der Waals surface area contributed by atoms with Gasteiger partial charge in [-0.2, -0.15) is 10.2 Å². The summed E-state index contributed by atoms with van der Waals surface area (Å²) in [6.07, 6.45) is 7.75. The molecule has 1 atom stereocenters. The number of carbonyl (C=O) groups excluding carboxylic acids is 1. The summed E-state index contributed by atoms with van der Waals surface area (Å²) in [5.74, 6) is -0.211. The number of hydrogen-bond acceptors (Lipinski definition) is 5. The summed E-state index contributed by atoms with van der Waals surface area (Å²) in [7, 11) is 0. The summed E-state index contributed by atoms with van der Waals surface area (Å²) in [6.45, 7) is 0.707. The van der Waals surface area contributed by atoms with Crippen LogP contribution in [0.2, 0.25) is 0 Å². The van der Waals surface area contributed by atoms with Crippen LogP contribution in [-0.4, -0.2) is 30.4 Å². The molecule has 9 heteroatoms. The van der Waals surface area contributed by atoms with Crippen LogP contribution in [0.4, 0.5) is 5.69 Å². The SMILES string of the molecule is O=C(NC1CCCc2c1cnn2Cc1ccccc1)c1cnn(-c2ccc([N+](=O)[O-])cc2)c1. The van der Waals surface area contributed by atoms with Crippen LogP contribution in [0.5, 0.6) is 0 Å². The van der Waals surface area contributed by atoms with Crippen LogP contribution in [-0.2, 0) is 13.0 Å². The molecule has 0 radical (unpaired) electrons.